The molecule has 0 aromatic heterocycles. The van der Waals surface area contributed by atoms with Crippen LogP contribution in [0.2, 0.25) is 0 Å². The van der Waals surface area contributed by atoms with E-state index in [1.807, 2.05) is 48.5 Å². The Hall–Kier alpha value is -3.60. The van der Waals surface area contributed by atoms with Crippen molar-refractivity contribution >= 4 is 11.9 Å². The summed E-state index contributed by atoms with van der Waals surface area (Å²) in [6.07, 6.45) is 0.769. The van der Waals surface area contributed by atoms with Gasteiger partial charge in [0.25, 0.3) is 0 Å². The van der Waals surface area contributed by atoms with E-state index >= 15 is 0 Å². The van der Waals surface area contributed by atoms with Crippen LogP contribution in [-0.2, 0) is 22.7 Å². The summed E-state index contributed by atoms with van der Waals surface area (Å²) < 4.78 is 11.8. The van der Waals surface area contributed by atoms with E-state index in [0.29, 0.717) is 38.5 Å². The molecule has 14 nitrogen and oxygen atoms in total. The Morgan fingerprint density at radius 2 is 1.03 bits per heavy atom. The molecule has 2 aromatic carbocycles. The lowest BCUT2D eigenvalue weighted by molar-refractivity contribution is -0.671. The molecular formula is C24H40N2O12. The molecule has 0 spiro atoms. The van der Waals surface area contributed by atoms with Gasteiger partial charge in [-0.2, -0.15) is 0 Å². The average molecular weight is 549 g/mol. The summed E-state index contributed by atoms with van der Waals surface area (Å²) >= 11 is 0. The van der Waals surface area contributed by atoms with Crippen LogP contribution in [0.3, 0.4) is 0 Å². The number of carbonyl (C=O) groups is 2. The van der Waals surface area contributed by atoms with E-state index in [-0.39, 0.29) is 35.1 Å². The van der Waals surface area contributed by atoms with Crippen LogP contribution >= 0.6 is 0 Å². The van der Waals surface area contributed by atoms with Crippen LogP contribution in [0.4, 0.5) is 0 Å². The molecule has 14 N–H and O–H groups in total. The highest BCUT2D eigenvalue weighted by Crippen LogP contribution is 2.18. The zero-order chi connectivity index (χ0) is 25.0. The van der Waals surface area contributed by atoms with E-state index in [1.54, 1.807) is 0 Å². The van der Waals surface area contributed by atoms with Crippen LogP contribution < -0.4 is 30.3 Å². The Morgan fingerprint density at radius 1 is 0.684 bits per heavy atom. The first-order valence-corrected chi connectivity index (χ1v) is 10.8. The first-order chi connectivity index (χ1) is 16.5. The number of carbonyl (C=O) groups excluding carboxylic acids is 2. The molecule has 2 rings (SSSR count). The Balaban J connectivity index is -0.000000422. The van der Waals surface area contributed by atoms with Crippen molar-refractivity contribution in [3.05, 3.63) is 71.8 Å². The summed E-state index contributed by atoms with van der Waals surface area (Å²) in [5.74, 6) is -1.38. The van der Waals surface area contributed by atoms with Gasteiger partial charge in [0.1, 0.15) is 37.8 Å². The predicted molar refractivity (Wildman–Crippen MR) is 133 cm³/mol. The fourth-order valence-corrected chi connectivity index (χ4v) is 2.76. The van der Waals surface area contributed by atoms with E-state index in [1.165, 1.54) is 0 Å². The van der Waals surface area contributed by atoms with Crippen LogP contribution in [-0.4, -0.2) is 83.6 Å². The SMILES string of the molecule is O.O.O.O.O=C([O-])/C=C/C(=O)[O-].OCC[NH2+]Cc1ccccc1OCCOc1ccccc1C[NH2+]CCO. The van der Waals surface area contributed by atoms with Gasteiger partial charge in [-0.15, -0.1) is 0 Å². The third-order valence-corrected chi connectivity index (χ3v) is 4.29. The fraction of sp³-hybridized carbons (Fsp3) is 0.333. The number of para-hydroxylation sites is 2. The number of quaternary nitrogens is 2. The van der Waals surface area contributed by atoms with Crippen molar-refractivity contribution in [2.75, 3.05) is 39.5 Å². The van der Waals surface area contributed by atoms with Gasteiger partial charge in [0, 0.05) is 11.1 Å². The Morgan fingerprint density at radius 3 is 1.34 bits per heavy atom. The third kappa shape index (κ3) is 19.6. The van der Waals surface area contributed by atoms with Crippen molar-refractivity contribution in [2.45, 2.75) is 13.1 Å². The van der Waals surface area contributed by atoms with E-state index in [9.17, 15) is 19.8 Å². The number of ether oxygens (including phenoxy) is 2. The summed E-state index contributed by atoms with van der Waals surface area (Å²) in [4.78, 5) is 18.8. The van der Waals surface area contributed by atoms with Crippen molar-refractivity contribution < 1.29 is 72.0 Å². The summed E-state index contributed by atoms with van der Waals surface area (Å²) in [6, 6.07) is 15.9. The van der Waals surface area contributed by atoms with E-state index in [4.69, 9.17) is 19.7 Å². The standard InChI is InChI=1S/C20H28N2O4.C4H4O4.4H2O/c23-11-9-21-15-17-5-1-3-7-19(17)25-13-14-26-20-8-4-2-6-18(20)16-22-10-12-24;5-3(6)1-2-4(7)8;;;;/h1-8,21-24H,9-16H2;1-2H,(H,5,6)(H,7,8);4*1H2/b;2-1+;;;;. The minimum absolute atomic E-state index is 0. The topological polar surface area (TPSA) is 298 Å². The summed E-state index contributed by atoms with van der Waals surface area (Å²) in [6.45, 7) is 4.20. The minimum Gasteiger partial charge on any atom is -0.545 e. The van der Waals surface area contributed by atoms with Crippen molar-refractivity contribution in [3.8, 4) is 11.5 Å². The molecule has 0 fully saturated rings. The van der Waals surface area contributed by atoms with Gasteiger partial charge in [0.15, 0.2) is 0 Å². The molecule has 0 unspecified atom stereocenters. The zero-order valence-corrected chi connectivity index (χ0v) is 20.9. The minimum atomic E-state index is -1.55. The first kappa shape index (κ1) is 41.5. The summed E-state index contributed by atoms with van der Waals surface area (Å²) in [7, 11) is 0. The second-order valence-electron chi connectivity index (χ2n) is 6.89. The normalized spacial score (nSPS) is 9.32. The molecule has 0 bridgehead atoms. The van der Waals surface area contributed by atoms with Crippen LogP contribution in [0.5, 0.6) is 11.5 Å². The molecule has 2 aromatic rings. The lowest BCUT2D eigenvalue weighted by Gasteiger charge is -2.13. The average Bonchev–Trinajstić information content (AvgIpc) is 2.83. The molecule has 218 valence electrons. The number of aliphatic hydroxyl groups excluding tert-OH is 2. The molecule has 14 heteroatoms. The number of aliphatic hydroxyl groups is 2. The first-order valence-electron chi connectivity index (χ1n) is 10.8. The van der Waals surface area contributed by atoms with Crippen molar-refractivity contribution in [3.63, 3.8) is 0 Å². The van der Waals surface area contributed by atoms with E-state index < -0.39 is 11.9 Å². The van der Waals surface area contributed by atoms with Gasteiger partial charge in [0.05, 0.1) is 38.2 Å². The third-order valence-electron chi connectivity index (χ3n) is 4.29. The lowest BCUT2D eigenvalue weighted by atomic mass is 10.2. The highest BCUT2D eigenvalue weighted by molar-refractivity contribution is 5.87. The number of rotatable bonds is 15. The molecule has 0 aliphatic carbocycles. The number of carboxylic acid groups (broad SMARTS) is 2. The Labute approximate surface area is 220 Å². The number of aliphatic carboxylic acids is 2. The van der Waals surface area contributed by atoms with E-state index in [0.717, 1.165) is 35.7 Å². The Kier molecular flexibility index (Phi) is 28.9. The summed E-state index contributed by atoms with van der Waals surface area (Å²) in [5, 5.41) is 40.7. The number of hydrogen-bond donors (Lipinski definition) is 4. The maximum atomic E-state index is 9.41. The van der Waals surface area contributed by atoms with Gasteiger partial charge >= 0.3 is 0 Å². The van der Waals surface area contributed by atoms with Gasteiger partial charge in [-0.25, -0.2) is 0 Å². The molecule has 0 atom stereocenters. The quantitative estimate of drug-likeness (QED) is 0.122. The van der Waals surface area contributed by atoms with Crippen LogP contribution in [0.25, 0.3) is 0 Å². The van der Waals surface area contributed by atoms with E-state index in [2.05, 4.69) is 10.6 Å². The zero-order valence-electron chi connectivity index (χ0n) is 20.9. The molecule has 0 amide bonds. The van der Waals surface area contributed by atoms with Crippen LogP contribution in [0, 0.1) is 0 Å². The Bertz CT molecular complexity index is 825. The highest BCUT2D eigenvalue weighted by Gasteiger charge is 2.07. The van der Waals surface area contributed by atoms with Gasteiger partial charge in [0.2, 0.25) is 0 Å². The fourth-order valence-electron chi connectivity index (χ4n) is 2.76. The molecule has 0 radical (unpaired) electrons. The molecule has 0 saturated heterocycles. The van der Waals surface area contributed by atoms with Crippen LogP contribution in [0.15, 0.2) is 60.7 Å². The monoisotopic (exact) mass is 548 g/mol. The maximum Gasteiger partial charge on any atom is 0.128 e. The highest BCUT2D eigenvalue weighted by atomic mass is 16.5. The molecule has 0 aliphatic heterocycles. The predicted octanol–water partition coefficient (Wildman–Crippen LogP) is -7.00. The number of hydrogen-bond acceptors (Lipinski definition) is 8. The van der Waals surface area contributed by atoms with Crippen molar-refractivity contribution in [2.24, 2.45) is 0 Å². The van der Waals surface area contributed by atoms with Gasteiger partial charge in [-0.05, 0) is 36.4 Å². The number of carboxylic acids is 2. The molecule has 0 aliphatic rings. The number of nitrogens with two attached hydrogens (primary N) is 2. The maximum absolute atomic E-state index is 9.41. The van der Waals surface area contributed by atoms with Crippen molar-refractivity contribution in [1.82, 2.24) is 0 Å². The molecule has 0 saturated carbocycles. The van der Waals surface area contributed by atoms with Gasteiger partial charge < -0.3 is 72.0 Å². The van der Waals surface area contributed by atoms with Crippen LogP contribution in [0.1, 0.15) is 11.1 Å². The summed E-state index contributed by atoms with van der Waals surface area (Å²) in [5.41, 5.74) is 2.22. The second kappa shape index (κ2) is 26.5. The molecule has 0 heterocycles. The van der Waals surface area contributed by atoms with Gasteiger partial charge in [-0.3, -0.25) is 0 Å². The second-order valence-corrected chi connectivity index (χ2v) is 6.89. The van der Waals surface area contributed by atoms with Crippen molar-refractivity contribution in [1.29, 1.82) is 0 Å². The van der Waals surface area contributed by atoms with Gasteiger partial charge in [-0.1, -0.05) is 24.3 Å². The lowest BCUT2D eigenvalue weighted by Crippen LogP contribution is -2.83. The molecular weight excluding hydrogens is 508 g/mol. The largest absolute Gasteiger partial charge is 0.545 e. The molecule has 38 heavy (non-hydrogen) atoms. The number of benzene rings is 2. The smallest absolute Gasteiger partial charge is 0.128 e.